The highest BCUT2D eigenvalue weighted by Gasteiger charge is 2.09. The third-order valence-electron chi connectivity index (χ3n) is 3.19. The minimum atomic E-state index is -0.842. The lowest BCUT2D eigenvalue weighted by Crippen LogP contribution is -2.25. The number of carboxylic acid groups (broad SMARTS) is 1. The molecule has 0 saturated heterocycles. The minimum Gasteiger partial charge on any atom is -0.481 e. The SMILES string of the molecule is CCCCCC(=O)N(C)Cc1cccc(CC(=O)O)c1. The van der Waals surface area contributed by atoms with Crippen LogP contribution in [0.1, 0.15) is 43.7 Å². The van der Waals surface area contributed by atoms with Crippen molar-refractivity contribution in [2.75, 3.05) is 7.05 Å². The van der Waals surface area contributed by atoms with Gasteiger partial charge in [0, 0.05) is 20.0 Å². The number of carbonyl (C=O) groups is 2. The highest BCUT2D eigenvalue weighted by molar-refractivity contribution is 5.75. The molecule has 20 heavy (non-hydrogen) atoms. The van der Waals surface area contributed by atoms with E-state index in [9.17, 15) is 9.59 Å². The summed E-state index contributed by atoms with van der Waals surface area (Å²) in [7, 11) is 1.79. The van der Waals surface area contributed by atoms with Crippen LogP contribution < -0.4 is 0 Å². The fourth-order valence-electron chi connectivity index (χ4n) is 2.09. The van der Waals surface area contributed by atoms with Gasteiger partial charge in [-0.3, -0.25) is 9.59 Å². The molecule has 0 radical (unpaired) electrons. The lowest BCUT2D eigenvalue weighted by Gasteiger charge is -2.17. The maximum Gasteiger partial charge on any atom is 0.307 e. The number of carbonyl (C=O) groups excluding carboxylic acids is 1. The van der Waals surface area contributed by atoms with Gasteiger partial charge in [-0.05, 0) is 17.5 Å². The monoisotopic (exact) mass is 277 g/mol. The average molecular weight is 277 g/mol. The van der Waals surface area contributed by atoms with Gasteiger partial charge in [-0.1, -0.05) is 44.0 Å². The standard InChI is InChI=1S/C16H23NO3/c1-3-4-5-9-15(18)17(2)12-14-8-6-7-13(10-14)11-16(19)20/h6-8,10H,3-5,9,11-12H2,1-2H3,(H,19,20). The Morgan fingerprint density at radius 3 is 2.55 bits per heavy atom. The van der Waals surface area contributed by atoms with Crippen molar-refractivity contribution in [2.24, 2.45) is 0 Å². The van der Waals surface area contributed by atoms with Crippen molar-refractivity contribution >= 4 is 11.9 Å². The van der Waals surface area contributed by atoms with Crippen LogP contribution in [0.5, 0.6) is 0 Å². The molecule has 1 amide bonds. The summed E-state index contributed by atoms with van der Waals surface area (Å²) in [5.74, 6) is -0.701. The number of hydrogen-bond donors (Lipinski definition) is 1. The van der Waals surface area contributed by atoms with Crippen molar-refractivity contribution < 1.29 is 14.7 Å². The molecular weight excluding hydrogens is 254 g/mol. The molecule has 110 valence electrons. The van der Waals surface area contributed by atoms with Crippen molar-refractivity contribution in [1.82, 2.24) is 4.90 Å². The van der Waals surface area contributed by atoms with E-state index in [4.69, 9.17) is 5.11 Å². The lowest BCUT2D eigenvalue weighted by atomic mass is 10.1. The molecule has 1 aromatic rings. The Labute approximate surface area is 120 Å². The molecule has 0 spiro atoms. The Hall–Kier alpha value is -1.84. The first-order valence-electron chi connectivity index (χ1n) is 7.06. The van der Waals surface area contributed by atoms with Gasteiger partial charge in [0.1, 0.15) is 0 Å². The molecule has 4 nitrogen and oxygen atoms in total. The molecule has 1 aromatic carbocycles. The van der Waals surface area contributed by atoms with Gasteiger partial charge in [0.15, 0.2) is 0 Å². The van der Waals surface area contributed by atoms with Crippen molar-refractivity contribution in [3.8, 4) is 0 Å². The van der Waals surface area contributed by atoms with Crippen molar-refractivity contribution in [2.45, 2.75) is 45.6 Å². The molecule has 0 fully saturated rings. The van der Waals surface area contributed by atoms with Gasteiger partial charge in [-0.15, -0.1) is 0 Å². The maximum absolute atomic E-state index is 11.9. The van der Waals surface area contributed by atoms with E-state index in [0.717, 1.165) is 30.4 Å². The molecule has 0 aliphatic heterocycles. The van der Waals surface area contributed by atoms with Crippen LogP contribution in [0.25, 0.3) is 0 Å². The fraction of sp³-hybridized carbons (Fsp3) is 0.500. The molecule has 0 aromatic heterocycles. The molecule has 1 rings (SSSR count). The molecule has 0 atom stereocenters. The number of carboxylic acids is 1. The summed E-state index contributed by atoms with van der Waals surface area (Å²) in [6, 6.07) is 7.40. The van der Waals surface area contributed by atoms with Crippen LogP contribution in [0.2, 0.25) is 0 Å². The van der Waals surface area contributed by atoms with Crippen LogP contribution >= 0.6 is 0 Å². The molecule has 0 saturated carbocycles. The molecule has 0 aliphatic rings. The highest BCUT2D eigenvalue weighted by atomic mass is 16.4. The Bertz CT molecular complexity index is 457. The third-order valence-corrected chi connectivity index (χ3v) is 3.19. The van der Waals surface area contributed by atoms with E-state index in [1.807, 2.05) is 18.2 Å². The van der Waals surface area contributed by atoms with Crippen LogP contribution in [0, 0.1) is 0 Å². The molecule has 0 heterocycles. The molecular formula is C16H23NO3. The van der Waals surface area contributed by atoms with Crippen LogP contribution in [0.15, 0.2) is 24.3 Å². The van der Waals surface area contributed by atoms with Gasteiger partial charge in [0.2, 0.25) is 5.91 Å². The Kier molecular flexibility index (Phi) is 6.77. The van der Waals surface area contributed by atoms with Crippen molar-refractivity contribution in [3.05, 3.63) is 35.4 Å². The zero-order chi connectivity index (χ0) is 15.0. The fourth-order valence-corrected chi connectivity index (χ4v) is 2.09. The number of aliphatic carboxylic acids is 1. The summed E-state index contributed by atoms with van der Waals surface area (Å²) in [5.41, 5.74) is 1.73. The Balaban J connectivity index is 2.54. The first-order chi connectivity index (χ1) is 9.52. The second-order valence-corrected chi connectivity index (χ2v) is 5.10. The smallest absolute Gasteiger partial charge is 0.307 e. The van der Waals surface area contributed by atoms with E-state index in [0.29, 0.717) is 13.0 Å². The van der Waals surface area contributed by atoms with E-state index in [1.54, 1.807) is 18.0 Å². The second kappa shape index (κ2) is 8.35. The van der Waals surface area contributed by atoms with Crippen LogP contribution in [-0.2, 0) is 22.6 Å². The van der Waals surface area contributed by atoms with Crippen LogP contribution in [-0.4, -0.2) is 28.9 Å². The number of nitrogens with zero attached hydrogens (tertiary/aromatic N) is 1. The predicted octanol–water partition coefficient (Wildman–Crippen LogP) is 2.85. The Morgan fingerprint density at radius 1 is 1.20 bits per heavy atom. The number of amides is 1. The minimum absolute atomic E-state index is 0.0159. The average Bonchev–Trinajstić information content (AvgIpc) is 2.38. The molecule has 4 heteroatoms. The zero-order valence-corrected chi connectivity index (χ0v) is 12.3. The number of hydrogen-bond acceptors (Lipinski definition) is 2. The lowest BCUT2D eigenvalue weighted by molar-refractivity contribution is -0.136. The Morgan fingerprint density at radius 2 is 1.90 bits per heavy atom. The summed E-state index contributed by atoms with van der Waals surface area (Å²) >= 11 is 0. The van der Waals surface area contributed by atoms with E-state index in [-0.39, 0.29) is 12.3 Å². The number of rotatable bonds is 8. The normalized spacial score (nSPS) is 10.3. The summed E-state index contributed by atoms with van der Waals surface area (Å²) < 4.78 is 0. The van der Waals surface area contributed by atoms with Gasteiger partial charge < -0.3 is 10.0 Å². The summed E-state index contributed by atoms with van der Waals surface area (Å²) in [6.45, 7) is 2.64. The van der Waals surface area contributed by atoms with Crippen LogP contribution in [0.4, 0.5) is 0 Å². The maximum atomic E-state index is 11.9. The molecule has 0 bridgehead atoms. The number of benzene rings is 1. The quantitative estimate of drug-likeness (QED) is 0.743. The highest BCUT2D eigenvalue weighted by Crippen LogP contribution is 2.10. The van der Waals surface area contributed by atoms with Crippen molar-refractivity contribution in [3.63, 3.8) is 0 Å². The number of unbranched alkanes of at least 4 members (excludes halogenated alkanes) is 2. The van der Waals surface area contributed by atoms with Gasteiger partial charge in [-0.2, -0.15) is 0 Å². The first-order valence-corrected chi connectivity index (χ1v) is 7.06. The third kappa shape index (κ3) is 5.87. The predicted molar refractivity (Wildman–Crippen MR) is 78.4 cm³/mol. The van der Waals surface area contributed by atoms with E-state index in [1.165, 1.54) is 0 Å². The topological polar surface area (TPSA) is 57.6 Å². The van der Waals surface area contributed by atoms with Gasteiger partial charge in [-0.25, -0.2) is 0 Å². The summed E-state index contributed by atoms with van der Waals surface area (Å²) in [6.07, 6.45) is 3.71. The van der Waals surface area contributed by atoms with Gasteiger partial charge in [0.05, 0.1) is 6.42 Å². The van der Waals surface area contributed by atoms with Crippen molar-refractivity contribution in [1.29, 1.82) is 0 Å². The summed E-state index contributed by atoms with van der Waals surface area (Å²) in [5, 5.41) is 8.78. The van der Waals surface area contributed by atoms with Gasteiger partial charge >= 0.3 is 5.97 Å². The van der Waals surface area contributed by atoms with Gasteiger partial charge in [0.25, 0.3) is 0 Å². The molecule has 0 unspecified atom stereocenters. The second-order valence-electron chi connectivity index (χ2n) is 5.10. The molecule has 1 N–H and O–H groups in total. The van der Waals surface area contributed by atoms with Crippen LogP contribution in [0.3, 0.4) is 0 Å². The van der Waals surface area contributed by atoms with E-state index >= 15 is 0 Å². The largest absolute Gasteiger partial charge is 0.481 e. The van der Waals surface area contributed by atoms with E-state index < -0.39 is 5.97 Å². The zero-order valence-electron chi connectivity index (χ0n) is 12.3. The molecule has 0 aliphatic carbocycles. The summed E-state index contributed by atoms with van der Waals surface area (Å²) in [4.78, 5) is 24.3. The first kappa shape index (κ1) is 16.2. The van der Waals surface area contributed by atoms with E-state index in [2.05, 4.69) is 6.92 Å².